The lowest BCUT2D eigenvalue weighted by atomic mass is 10.1. The number of nitrogens with zero attached hydrogens (tertiary/aromatic N) is 1. The van der Waals surface area contributed by atoms with E-state index in [0.717, 1.165) is 26.3 Å². The average Bonchev–Trinajstić information content (AvgIpc) is 3.31. The standard InChI is InChI=1S/C17H15BrClNO/c18-15-7-1-12(2-8-15)11-21-20-17(13-3-4-13)14-5-9-16(19)10-6-14/h1-2,5-10,13H,3-4,11H2/b20-17+. The molecule has 0 atom stereocenters. The molecule has 0 heterocycles. The van der Waals surface area contributed by atoms with Crippen LogP contribution in [0, 0.1) is 5.92 Å². The van der Waals surface area contributed by atoms with Crippen LogP contribution in [0.5, 0.6) is 0 Å². The van der Waals surface area contributed by atoms with Crippen LogP contribution in [0.25, 0.3) is 0 Å². The summed E-state index contributed by atoms with van der Waals surface area (Å²) in [4.78, 5) is 5.55. The fraction of sp³-hybridized carbons (Fsp3) is 0.235. The minimum absolute atomic E-state index is 0.483. The molecular formula is C17H15BrClNO. The molecule has 0 amide bonds. The van der Waals surface area contributed by atoms with Crippen molar-refractivity contribution in [3.8, 4) is 0 Å². The third-order valence-corrected chi connectivity index (χ3v) is 4.19. The number of oxime groups is 1. The van der Waals surface area contributed by atoms with Crippen LogP contribution in [0.4, 0.5) is 0 Å². The van der Waals surface area contributed by atoms with Gasteiger partial charge in [0.15, 0.2) is 0 Å². The Bertz CT molecular complexity index is 633. The lowest BCUT2D eigenvalue weighted by Crippen LogP contribution is -2.04. The molecule has 4 heteroatoms. The highest BCUT2D eigenvalue weighted by atomic mass is 79.9. The maximum Gasteiger partial charge on any atom is 0.142 e. The second kappa shape index (κ2) is 6.63. The largest absolute Gasteiger partial charge is 0.391 e. The highest BCUT2D eigenvalue weighted by Gasteiger charge is 2.29. The average molecular weight is 365 g/mol. The summed E-state index contributed by atoms with van der Waals surface area (Å²) in [5, 5.41) is 5.11. The van der Waals surface area contributed by atoms with E-state index in [2.05, 4.69) is 21.1 Å². The van der Waals surface area contributed by atoms with Gasteiger partial charge in [-0.1, -0.05) is 57.0 Å². The fourth-order valence-corrected chi connectivity index (χ4v) is 2.49. The molecule has 0 aliphatic heterocycles. The first-order valence-corrected chi connectivity index (χ1v) is 8.10. The normalized spacial score (nSPS) is 15.0. The number of hydrogen-bond donors (Lipinski definition) is 0. The van der Waals surface area contributed by atoms with E-state index in [1.807, 2.05) is 48.5 Å². The molecule has 0 saturated heterocycles. The monoisotopic (exact) mass is 363 g/mol. The third kappa shape index (κ3) is 4.08. The zero-order valence-electron chi connectivity index (χ0n) is 11.4. The molecule has 21 heavy (non-hydrogen) atoms. The summed E-state index contributed by atoms with van der Waals surface area (Å²) in [5.74, 6) is 0.524. The van der Waals surface area contributed by atoms with Crippen molar-refractivity contribution >= 4 is 33.2 Å². The number of halogens is 2. The molecule has 1 aliphatic carbocycles. The Labute approximate surface area is 137 Å². The van der Waals surface area contributed by atoms with Gasteiger partial charge in [0, 0.05) is 15.4 Å². The summed E-state index contributed by atoms with van der Waals surface area (Å²) in [6, 6.07) is 15.8. The number of hydrogen-bond acceptors (Lipinski definition) is 2. The first-order valence-electron chi connectivity index (χ1n) is 6.92. The zero-order chi connectivity index (χ0) is 14.7. The maximum absolute atomic E-state index is 5.93. The van der Waals surface area contributed by atoms with Gasteiger partial charge in [-0.05, 0) is 48.2 Å². The smallest absolute Gasteiger partial charge is 0.142 e. The van der Waals surface area contributed by atoms with Gasteiger partial charge < -0.3 is 4.84 Å². The zero-order valence-corrected chi connectivity index (χ0v) is 13.8. The van der Waals surface area contributed by atoms with Gasteiger partial charge in [-0.2, -0.15) is 0 Å². The first-order chi connectivity index (χ1) is 10.2. The molecule has 2 aromatic rings. The van der Waals surface area contributed by atoms with Crippen molar-refractivity contribution in [1.29, 1.82) is 0 Å². The summed E-state index contributed by atoms with van der Waals surface area (Å²) in [5.41, 5.74) is 3.23. The van der Waals surface area contributed by atoms with Gasteiger partial charge in [0.1, 0.15) is 6.61 Å². The molecule has 108 valence electrons. The summed E-state index contributed by atoms with van der Waals surface area (Å²) in [6.07, 6.45) is 2.37. The van der Waals surface area contributed by atoms with E-state index in [4.69, 9.17) is 16.4 Å². The molecule has 0 spiro atoms. The van der Waals surface area contributed by atoms with Crippen LogP contribution in [-0.4, -0.2) is 5.71 Å². The van der Waals surface area contributed by atoms with E-state index < -0.39 is 0 Å². The van der Waals surface area contributed by atoms with Crippen molar-refractivity contribution in [2.24, 2.45) is 11.1 Å². The van der Waals surface area contributed by atoms with Crippen LogP contribution >= 0.6 is 27.5 Å². The van der Waals surface area contributed by atoms with Crippen molar-refractivity contribution in [3.05, 3.63) is 69.2 Å². The molecule has 0 N–H and O–H groups in total. The van der Waals surface area contributed by atoms with Gasteiger partial charge in [-0.25, -0.2) is 0 Å². The molecule has 0 bridgehead atoms. The van der Waals surface area contributed by atoms with Gasteiger partial charge in [-0.15, -0.1) is 0 Å². The maximum atomic E-state index is 5.93. The molecule has 1 fully saturated rings. The summed E-state index contributed by atoms with van der Waals surface area (Å²) in [7, 11) is 0. The Hall–Kier alpha value is -1.32. The lowest BCUT2D eigenvalue weighted by Gasteiger charge is -2.06. The highest BCUT2D eigenvalue weighted by Crippen LogP contribution is 2.33. The van der Waals surface area contributed by atoms with Gasteiger partial charge in [0.25, 0.3) is 0 Å². The van der Waals surface area contributed by atoms with Crippen molar-refractivity contribution in [3.63, 3.8) is 0 Å². The van der Waals surface area contributed by atoms with Crippen LogP contribution in [-0.2, 0) is 11.4 Å². The van der Waals surface area contributed by atoms with E-state index in [-0.39, 0.29) is 0 Å². The van der Waals surface area contributed by atoms with Crippen molar-refractivity contribution < 1.29 is 4.84 Å². The Kier molecular flexibility index (Phi) is 4.61. The second-order valence-corrected chi connectivity index (χ2v) is 6.51. The SMILES string of the molecule is Clc1ccc(/C(=N/OCc2ccc(Br)cc2)C2CC2)cc1. The molecule has 2 aromatic carbocycles. The molecule has 3 rings (SSSR count). The molecule has 0 aromatic heterocycles. The van der Waals surface area contributed by atoms with E-state index in [9.17, 15) is 0 Å². The summed E-state index contributed by atoms with van der Waals surface area (Å²) >= 11 is 9.36. The summed E-state index contributed by atoms with van der Waals surface area (Å²) in [6.45, 7) is 0.483. The third-order valence-electron chi connectivity index (χ3n) is 3.41. The molecule has 1 saturated carbocycles. The minimum Gasteiger partial charge on any atom is -0.391 e. The van der Waals surface area contributed by atoms with Gasteiger partial charge in [-0.3, -0.25) is 0 Å². The summed E-state index contributed by atoms with van der Waals surface area (Å²) < 4.78 is 1.06. The Morgan fingerprint density at radius 2 is 1.76 bits per heavy atom. The number of benzene rings is 2. The van der Waals surface area contributed by atoms with E-state index in [1.165, 1.54) is 12.8 Å². The molecule has 1 aliphatic rings. The predicted molar refractivity (Wildman–Crippen MR) is 89.6 cm³/mol. The number of rotatable bonds is 5. The molecule has 2 nitrogen and oxygen atoms in total. The Balaban J connectivity index is 1.69. The first kappa shape index (κ1) is 14.6. The topological polar surface area (TPSA) is 21.6 Å². The van der Waals surface area contributed by atoms with E-state index in [0.29, 0.717) is 12.5 Å². The predicted octanol–water partition coefficient (Wildman–Crippen LogP) is 5.43. The van der Waals surface area contributed by atoms with Crippen molar-refractivity contribution in [2.75, 3.05) is 0 Å². The van der Waals surface area contributed by atoms with Crippen LogP contribution in [0.3, 0.4) is 0 Å². The molecular weight excluding hydrogens is 350 g/mol. The Morgan fingerprint density at radius 3 is 2.38 bits per heavy atom. The van der Waals surface area contributed by atoms with Crippen LogP contribution in [0.15, 0.2) is 58.2 Å². The van der Waals surface area contributed by atoms with Crippen LogP contribution in [0.2, 0.25) is 5.02 Å². The highest BCUT2D eigenvalue weighted by molar-refractivity contribution is 9.10. The fourth-order valence-electron chi connectivity index (χ4n) is 2.10. The molecule has 0 unspecified atom stereocenters. The van der Waals surface area contributed by atoms with Crippen LogP contribution in [0.1, 0.15) is 24.0 Å². The van der Waals surface area contributed by atoms with Gasteiger partial charge >= 0.3 is 0 Å². The van der Waals surface area contributed by atoms with Gasteiger partial charge in [0.05, 0.1) is 5.71 Å². The molecule has 0 radical (unpaired) electrons. The van der Waals surface area contributed by atoms with Crippen molar-refractivity contribution in [1.82, 2.24) is 0 Å². The lowest BCUT2D eigenvalue weighted by molar-refractivity contribution is 0.130. The minimum atomic E-state index is 0.483. The van der Waals surface area contributed by atoms with E-state index in [1.54, 1.807) is 0 Å². The Morgan fingerprint density at radius 1 is 1.10 bits per heavy atom. The quantitative estimate of drug-likeness (QED) is 0.512. The van der Waals surface area contributed by atoms with Gasteiger partial charge in [0.2, 0.25) is 0 Å². The van der Waals surface area contributed by atoms with Crippen molar-refractivity contribution in [2.45, 2.75) is 19.4 Å². The van der Waals surface area contributed by atoms with E-state index >= 15 is 0 Å². The second-order valence-electron chi connectivity index (χ2n) is 5.16. The van der Waals surface area contributed by atoms with Crippen LogP contribution < -0.4 is 0 Å².